The van der Waals surface area contributed by atoms with Crippen molar-refractivity contribution in [2.24, 2.45) is 17.8 Å². The molecule has 7 aliphatic carbocycles. The van der Waals surface area contributed by atoms with Crippen LogP contribution in [-0.2, 0) is 5.41 Å². The summed E-state index contributed by atoms with van der Waals surface area (Å²) in [6.07, 6.45) is 50.9. The number of benzene rings is 3. The minimum absolute atomic E-state index is 0.0700. The summed E-state index contributed by atoms with van der Waals surface area (Å²) in [5.41, 5.74) is 18.6. The van der Waals surface area contributed by atoms with Gasteiger partial charge in [-0.05, 0) is 162 Å². The molecule has 0 saturated heterocycles. The van der Waals surface area contributed by atoms with Crippen molar-refractivity contribution < 1.29 is 0 Å². The zero-order valence-corrected chi connectivity index (χ0v) is 39.0. The standard InChI is InChI=1S/C61H65NS/c1-6-42-14-10-11-17-53(42)56-36-29-50(40-60(56)63-5)48-30-37-59(41(2)38-48)62(51-31-24-46(25-32-51)45-22-20-44(21-23-45)43-15-8-7-9-16-43)52-33-26-47(27-34-52)49-28-35-55-54-18-12-13-19-57(54)61(3,4)58(55)39-49/h7-9,11-12,15,17-18,20,22-31,33-37,39-41,43-44,48,51,59H,6,10,13-14,16,19,21,32,38H2,1-5H3. The molecule has 3 aromatic rings. The lowest BCUT2D eigenvalue weighted by atomic mass is 9.78. The monoisotopic (exact) mass is 843 g/mol. The molecule has 0 fully saturated rings. The largest absolute Gasteiger partial charge is 0.358 e. The minimum atomic E-state index is 0.0700. The van der Waals surface area contributed by atoms with Crippen LogP contribution in [0.3, 0.4) is 0 Å². The molecule has 320 valence electrons. The van der Waals surface area contributed by atoms with Crippen molar-refractivity contribution in [3.05, 3.63) is 202 Å². The molecule has 0 aliphatic heterocycles. The Labute approximate surface area is 382 Å². The normalized spacial score (nSPS) is 26.8. The van der Waals surface area contributed by atoms with E-state index in [1.54, 1.807) is 11.1 Å². The number of hydrogen-bond donors (Lipinski definition) is 0. The SMILES string of the molecule is CCC1=C(c2ccc(C3C=CC(N(c4ccc(-c5ccc6c(c5)C(C)(C)C5=C6C=CCC5)cc4)C4C=CC(C5=CCC(C6C=CC=CC6)C=C5)=CC4)C(C)C3)cc2SC)C=CCC1. The van der Waals surface area contributed by atoms with Crippen molar-refractivity contribution in [2.45, 2.75) is 114 Å². The molecule has 0 spiro atoms. The number of thioether (sulfide) groups is 1. The first-order chi connectivity index (χ1) is 30.8. The van der Waals surface area contributed by atoms with Gasteiger partial charge in [-0.2, -0.15) is 0 Å². The predicted octanol–water partition coefficient (Wildman–Crippen LogP) is 16.4. The van der Waals surface area contributed by atoms with Crippen LogP contribution in [0, 0.1) is 17.8 Å². The van der Waals surface area contributed by atoms with Crippen molar-refractivity contribution in [3.63, 3.8) is 0 Å². The van der Waals surface area contributed by atoms with Gasteiger partial charge in [0.2, 0.25) is 0 Å². The first kappa shape index (κ1) is 41.9. The fourth-order valence-electron chi connectivity index (χ4n) is 11.9. The predicted molar refractivity (Wildman–Crippen MR) is 273 cm³/mol. The van der Waals surface area contributed by atoms with E-state index in [-0.39, 0.29) is 11.5 Å². The van der Waals surface area contributed by atoms with Crippen LogP contribution in [0.1, 0.15) is 114 Å². The van der Waals surface area contributed by atoms with Crippen LogP contribution in [0.2, 0.25) is 0 Å². The van der Waals surface area contributed by atoms with Crippen LogP contribution in [0.25, 0.3) is 22.3 Å². The fraction of sp³-hybridized carbons (Fsp3) is 0.344. The number of nitrogens with zero attached hydrogens (tertiary/aromatic N) is 1. The summed E-state index contributed by atoms with van der Waals surface area (Å²) in [4.78, 5) is 4.15. The molecule has 10 rings (SSSR count). The molecule has 2 heteroatoms. The maximum absolute atomic E-state index is 2.75. The third-order valence-corrected chi connectivity index (χ3v) is 16.4. The molecule has 0 radical (unpaired) electrons. The number of allylic oxidation sites excluding steroid dienone is 19. The number of fused-ring (bicyclic) bond motifs is 2. The second-order valence-electron chi connectivity index (χ2n) is 19.6. The summed E-state index contributed by atoms with van der Waals surface area (Å²) >= 11 is 1.90. The van der Waals surface area contributed by atoms with Crippen LogP contribution in [0.5, 0.6) is 0 Å². The van der Waals surface area contributed by atoms with Crippen LogP contribution in [0.4, 0.5) is 5.69 Å². The smallest absolute Gasteiger partial charge is 0.0517 e. The lowest BCUT2D eigenvalue weighted by molar-refractivity contribution is 0.403. The molecule has 0 heterocycles. The first-order valence-corrected chi connectivity index (χ1v) is 25.3. The van der Waals surface area contributed by atoms with Gasteiger partial charge in [-0.3, -0.25) is 0 Å². The quantitative estimate of drug-likeness (QED) is 0.148. The van der Waals surface area contributed by atoms with E-state index in [0.29, 0.717) is 29.7 Å². The van der Waals surface area contributed by atoms with Gasteiger partial charge in [-0.1, -0.05) is 172 Å². The van der Waals surface area contributed by atoms with Gasteiger partial charge in [0, 0.05) is 21.9 Å². The summed E-state index contributed by atoms with van der Waals surface area (Å²) in [5, 5.41) is 0. The third kappa shape index (κ3) is 8.07. The van der Waals surface area contributed by atoms with Crippen LogP contribution in [-0.4, -0.2) is 18.3 Å². The highest BCUT2D eigenvalue weighted by atomic mass is 32.2. The van der Waals surface area contributed by atoms with Crippen molar-refractivity contribution in [3.8, 4) is 11.1 Å². The maximum Gasteiger partial charge on any atom is 0.0517 e. The van der Waals surface area contributed by atoms with Crippen molar-refractivity contribution in [1.82, 2.24) is 0 Å². The van der Waals surface area contributed by atoms with Crippen molar-refractivity contribution >= 4 is 28.6 Å². The lowest BCUT2D eigenvalue weighted by Crippen LogP contribution is -2.46. The summed E-state index contributed by atoms with van der Waals surface area (Å²) in [6.45, 7) is 9.66. The highest BCUT2D eigenvalue weighted by Crippen LogP contribution is 2.51. The van der Waals surface area contributed by atoms with Gasteiger partial charge >= 0.3 is 0 Å². The second kappa shape index (κ2) is 17.8. The van der Waals surface area contributed by atoms with E-state index in [0.717, 1.165) is 44.9 Å². The fourth-order valence-corrected chi connectivity index (χ4v) is 12.6. The Bertz CT molecular complexity index is 2610. The first-order valence-electron chi connectivity index (χ1n) is 24.1. The van der Waals surface area contributed by atoms with Crippen molar-refractivity contribution in [2.75, 3.05) is 11.2 Å². The molecule has 7 aliphatic rings. The molecular formula is C61H65NS. The van der Waals surface area contributed by atoms with Gasteiger partial charge in [0.05, 0.1) is 12.1 Å². The van der Waals surface area contributed by atoms with Crippen molar-refractivity contribution in [1.29, 1.82) is 0 Å². The highest BCUT2D eigenvalue weighted by molar-refractivity contribution is 7.98. The Kier molecular flexibility index (Phi) is 11.9. The van der Waals surface area contributed by atoms with E-state index in [9.17, 15) is 0 Å². The summed E-state index contributed by atoms with van der Waals surface area (Å²) in [6, 6.07) is 24.7. The van der Waals surface area contributed by atoms with Crippen LogP contribution in [0.15, 0.2) is 185 Å². The Morgan fingerprint density at radius 3 is 2.14 bits per heavy atom. The average molecular weight is 844 g/mol. The number of hydrogen-bond acceptors (Lipinski definition) is 2. The van der Waals surface area contributed by atoms with E-state index < -0.39 is 0 Å². The molecule has 6 unspecified atom stereocenters. The topological polar surface area (TPSA) is 3.24 Å². The van der Waals surface area contributed by atoms with E-state index >= 15 is 0 Å². The van der Waals surface area contributed by atoms with Gasteiger partial charge in [-0.25, -0.2) is 0 Å². The third-order valence-electron chi connectivity index (χ3n) is 15.6. The second-order valence-corrected chi connectivity index (χ2v) is 20.4. The maximum atomic E-state index is 2.75. The van der Waals surface area contributed by atoms with E-state index in [2.05, 4.69) is 197 Å². The van der Waals surface area contributed by atoms with Gasteiger partial charge in [0.25, 0.3) is 0 Å². The van der Waals surface area contributed by atoms with E-state index in [1.165, 1.54) is 79.1 Å². The Balaban J connectivity index is 0.928. The zero-order valence-electron chi connectivity index (χ0n) is 38.2. The molecule has 63 heavy (non-hydrogen) atoms. The van der Waals surface area contributed by atoms with Gasteiger partial charge in [0.1, 0.15) is 0 Å². The van der Waals surface area contributed by atoms with Crippen LogP contribution < -0.4 is 4.90 Å². The molecule has 0 amide bonds. The Hall–Kier alpha value is -5.05. The minimum Gasteiger partial charge on any atom is -0.358 e. The van der Waals surface area contributed by atoms with Gasteiger partial charge < -0.3 is 4.90 Å². The molecular weight excluding hydrogens is 779 g/mol. The Morgan fingerprint density at radius 1 is 0.683 bits per heavy atom. The number of rotatable bonds is 10. The van der Waals surface area contributed by atoms with E-state index in [4.69, 9.17) is 0 Å². The molecule has 0 saturated carbocycles. The molecule has 3 aromatic carbocycles. The lowest BCUT2D eigenvalue weighted by Gasteiger charge is -2.43. The number of anilines is 1. The van der Waals surface area contributed by atoms with Gasteiger partial charge in [0.15, 0.2) is 0 Å². The van der Waals surface area contributed by atoms with Gasteiger partial charge in [-0.15, -0.1) is 11.8 Å². The molecule has 1 nitrogen and oxygen atoms in total. The van der Waals surface area contributed by atoms with E-state index in [1.807, 2.05) is 11.8 Å². The summed E-state index contributed by atoms with van der Waals surface area (Å²) < 4.78 is 0. The molecule has 0 aromatic heterocycles. The summed E-state index contributed by atoms with van der Waals surface area (Å²) in [5.74, 6) is 2.08. The zero-order chi connectivity index (χ0) is 43.1. The van der Waals surface area contributed by atoms with Crippen LogP contribution >= 0.6 is 11.8 Å². The molecule has 6 atom stereocenters. The highest BCUT2D eigenvalue weighted by Gasteiger charge is 2.38. The Morgan fingerprint density at radius 2 is 1.43 bits per heavy atom. The molecule has 0 bridgehead atoms. The molecule has 0 N–H and O–H groups in total. The average Bonchev–Trinajstić information content (AvgIpc) is 3.57. The summed E-state index contributed by atoms with van der Waals surface area (Å²) in [7, 11) is 0.